The Morgan fingerprint density at radius 3 is 2.79 bits per heavy atom. The molecule has 1 heterocycles. The monoisotopic (exact) mass is 199 g/mol. The minimum Gasteiger partial charge on any atom is -0.377 e. The minimum absolute atomic E-state index is 0.0144. The molecule has 1 fully saturated rings. The highest BCUT2D eigenvalue weighted by Crippen LogP contribution is 2.14. The molecule has 0 bridgehead atoms. The van der Waals surface area contributed by atoms with Gasteiger partial charge in [0.25, 0.3) is 0 Å². The Labute approximate surface area is 86.4 Å². The van der Waals surface area contributed by atoms with Gasteiger partial charge in [-0.25, -0.2) is 0 Å². The number of ketones is 1. The first-order chi connectivity index (χ1) is 6.61. The van der Waals surface area contributed by atoms with Gasteiger partial charge in [-0.1, -0.05) is 0 Å². The number of hydrogen-bond acceptors (Lipinski definition) is 3. The van der Waals surface area contributed by atoms with Gasteiger partial charge in [0.05, 0.1) is 12.1 Å². The predicted molar refractivity (Wildman–Crippen MR) is 56.4 cm³/mol. The molecule has 0 saturated carbocycles. The molecule has 0 radical (unpaired) electrons. The lowest BCUT2D eigenvalue weighted by Crippen LogP contribution is -2.41. The van der Waals surface area contributed by atoms with Gasteiger partial charge < -0.3 is 4.74 Å². The minimum atomic E-state index is 0.0144. The van der Waals surface area contributed by atoms with Crippen LogP contribution in [-0.2, 0) is 9.53 Å². The van der Waals surface area contributed by atoms with E-state index in [1.54, 1.807) is 6.92 Å². The summed E-state index contributed by atoms with van der Waals surface area (Å²) in [5.74, 6) is 0.225. The van der Waals surface area contributed by atoms with Crippen LogP contribution >= 0.6 is 0 Å². The zero-order valence-corrected chi connectivity index (χ0v) is 9.45. The van der Waals surface area contributed by atoms with Crippen molar-refractivity contribution in [2.45, 2.75) is 45.3 Å². The average Bonchev–Trinajstić information content (AvgIpc) is 2.18. The Kier molecular flexibility index (Phi) is 4.55. The summed E-state index contributed by atoms with van der Waals surface area (Å²) in [7, 11) is 1.99. The molecule has 0 N–H and O–H groups in total. The predicted octanol–water partition coefficient (Wildman–Crippen LogP) is 1.46. The van der Waals surface area contributed by atoms with Gasteiger partial charge >= 0.3 is 0 Å². The van der Waals surface area contributed by atoms with E-state index < -0.39 is 0 Å². The van der Waals surface area contributed by atoms with E-state index in [-0.39, 0.29) is 11.8 Å². The van der Waals surface area contributed by atoms with E-state index in [0.29, 0.717) is 6.10 Å². The fourth-order valence-electron chi connectivity index (χ4n) is 1.74. The standard InChI is InChI=1S/C11H21NO2/c1-9(10(2)13)12(3)8-11-6-4-5-7-14-11/h9,11H,4-8H2,1-3H3. The third-order valence-electron chi connectivity index (χ3n) is 3.02. The van der Waals surface area contributed by atoms with Crippen LogP contribution in [0.4, 0.5) is 0 Å². The molecule has 0 aromatic carbocycles. The van der Waals surface area contributed by atoms with Crippen LogP contribution in [0, 0.1) is 0 Å². The number of rotatable bonds is 4. The number of hydrogen-bond donors (Lipinski definition) is 0. The highest BCUT2D eigenvalue weighted by atomic mass is 16.5. The molecule has 1 aliphatic rings. The van der Waals surface area contributed by atoms with Crippen molar-refractivity contribution in [2.24, 2.45) is 0 Å². The van der Waals surface area contributed by atoms with Gasteiger partial charge in [-0.2, -0.15) is 0 Å². The van der Waals surface area contributed by atoms with E-state index >= 15 is 0 Å². The highest BCUT2D eigenvalue weighted by molar-refractivity contribution is 5.80. The summed E-state index contributed by atoms with van der Waals surface area (Å²) in [5.41, 5.74) is 0. The Balaban J connectivity index is 2.31. The van der Waals surface area contributed by atoms with Gasteiger partial charge in [-0.3, -0.25) is 9.69 Å². The number of ether oxygens (including phenoxy) is 1. The lowest BCUT2D eigenvalue weighted by Gasteiger charge is -2.29. The Morgan fingerprint density at radius 1 is 1.57 bits per heavy atom. The second-order valence-corrected chi connectivity index (χ2v) is 4.21. The first-order valence-electron chi connectivity index (χ1n) is 5.43. The third-order valence-corrected chi connectivity index (χ3v) is 3.02. The summed E-state index contributed by atoms with van der Waals surface area (Å²) in [6.45, 7) is 5.35. The molecular formula is C11H21NO2. The summed E-state index contributed by atoms with van der Waals surface area (Å²) < 4.78 is 5.63. The van der Waals surface area contributed by atoms with Crippen LogP contribution in [0.3, 0.4) is 0 Å². The lowest BCUT2D eigenvalue weighted by atomic mass is 10.1. The van der Waals surface area contributed by atoms with Crippen LogP contribution in [0.5, 0.6) is 0 Å². The van der Waals surface area contributed by atoms with Crippen LogP contribution in [0.25, 0.3) is 0 Å². The van der Waals surface area contributed by atoms with Crippen LogP contribution in [0.1, 0.15) is 33.1 Å². The molecule has 0 spiro atoms. The molecule has 0 aromatic rings. The average molecular weight is 199 g/mol. The Bertz CT molecular complexity index is 188. The zero-order valence-electron chi connectivity index (χ0n) is 9.45. The molecule has 14 heavy (non-hydrogen) atoms. The third kappa shape index (κ3) is 3.39. The van der Waals surface area contributed by atoms with Crippen molar-refractivity contribution < 1.29 is 9.53 Å². The summed E-state index contributed by atoms with van der Waals surface area (Å²) >= 11 is 0. The first kappa shape index (κ1) is 11.7. The molecule has 1 rings (SSSR count). The van der Waals surface area contributed by atoms with Crippen molar-refractivity contribution in [3.63, 3.8) is 0 Å². The van der Waals surface area contributed by atoms with Gasteiger partial charge in [0.15, 0.2) is 0 Å². The van der Waals surface area contributed by atoms with E-state index in [9.17, 15) is 4.79 Å². The van der Waals surface area contributed by atoms with Crippen molar-refractivity contribution in [2.75, 3.05) is 20.2 Å². The van der Waals surface area contributed by atoms with Gasteiger partial charge in [0.1, 0.15) is 5.78 Å². The molecule has 0 amide bonds. The van der Waals surface area contributed by atoms with E-state index in [0.717, 1.165) is 19.6 Å². The number of carbonyl (C=O) groups excluding carboxylic acids is 1. The number of likely N-dealkylation sites (N-methyl/N-ethyl adjacent to an activating group) is 1. The molecule has 82 valence electrons. The van der Waals surface area contributed by atoms with Crippen LogP contribution in [-0.4, -0.2) is 43.0 Å². The second kappa shape index (κ2) is 5.47. The van der Waals surface area contributed by atoms with Crippen LogP contribution in [0.15, 0.2) is 0 Å². The topological polar surface area (TPSA) is 29.5 Å². The maximum Gasteiger partial charge on any atom is 0.146 e. The van der Waals surface area contributed by atoms with Crippen molar-refractivity contribution in [1.82, 2.24) is 4.90 Å². The van der Waals surface area contributed by atoms with Gasteiger partial charge in [-0.15, -0.1) is 0 Å². The lowest BCUT2D eigenvalue weighted by molar-refractivity contribution is -0.121. The quantitative estimate of drug-likeness (QED) is 0.686. The van der Waals surface area contributed by atoms with Crippen LogP contribution < -0.4 is 0 Å². The molecule has 2 atom stereocenters. The fourth-order valence-corrected chi connectivity index (χ4v) is 1.74. The largest absolute Gasteiger partial charge is 0.377 e. The zero-order chi connectivity index (χ0) is 10.6. The Morgan fingerprint density at radius 2 is 2.29 bits per heavy atom. The summed E-state index contributed by atoms with van der Waals surface area (Å²) in [5, 5.41) is 0. The molecule has 3 nitrogen and oxygen atoms in total. The summed E-state index contributed by atoms with van der Waals surface area (Å²) in [6, 6.07) is 0.0144. The fraction of sp³-hybridized carbons (Fsp3) is 0.909. The van der Waals surface area contributed by atoms with Crippen molar-refractivity contribution >= 4 is 5.78 Å². The maximum absolute atomic E-state index is 11.1. The normalized spacial score (nSPS) is 25.0. The van der Waals surface area contributed by atoms with Crippen LogP contribution in [0.2, 0.25) is 0 Å². The number of Topliss-reactive ketones (excluding diaryl/α,β-unsaturated/α-hetero) is 1. The molecule has 0 aromatic heterocycles. The second-order valence-electron chi connectivity index (χ2n) is 4.21. The Hall–Kier alpha value is -0.410. The smallest absolute Gasteiger partial charge is 0.146 e. The number of nitrogens with zero attached hydrogens (tertiary/aromatic N) is 1. The molecule has 0 aliphatic carbocycles. The molecule has 3 heteroatoms. The maximum atomic E-state index is 11.1. The molecule has 1 saturated heterocycles. The van der Waals surface area contributed by atoms with Crippen molar-refractivity contribution in [3.8, 4) is 0 Å². The summed E-state index contributed by atoms with van der Waals surface area (Å²) in [6.07, 6.45) is 3.90. The molecule has 1 aliphatic heterocycles. The van der Waals surface area contributed by atoms with E-state index in [1.807, 2.05) is 14.0 Å². The van der Waals surface area contributed by atoms with Gasteiger partial charge in [-0.05, 0) is 40.2 Å². The van der Waals surface area contributed by atoms with Crippen molar-refractivity contribution in [1.29, 1.82) is 0 Å². The molecular weight excluding hydrogens is 178 g/mol. The van der Waals surface area contributed by atoms with Gasteiger partial charge in [0.2, 0.25) is 0 Å². The van der Waals surface area contributed by atoms with E-state index in [1.165, 1.54) is 12.8 Å². The highest BCUT2D eigenvalue weighted by Gasteiger charge is 2.20. The van der Waals surface area contributed by atoms with Gasteiger partial charge in [0, 0.05) is 13.2 Å². The summed E-state index contributed by atoms with van der Waals surface area (Å²) in [4.78, 5) is 13.2. The number of carbonyl (C=O) groups is 1. The SMILES string of the molecule is CC(=O)C(C)N(C)CC1CCCCO1. The molecule has 2 unspecified atom stereocenters. The van der Waals surface area contributed by atoms with E-state index in [2.05, 4.69) is 4.90 Å². The van der Waals surface area contributed by atoms with Crippen molar-refractivity contribution in [3.05, 3.63) is 0 Å². The van der Waals surface area contributed by atoms with E-state index in [4.69, 9.17) is 4.74 Å². The first-order valence-corrected chi connectivity index (χ1v) is 5.43.